The van der Waals surface area contributed by atoms with Crippen molar-refractivity contribution in [2.45, 2.75) is 25.8 Å². The van der Waals surface area contributed by atoms with Crippen LogP contribution in [0.2, 0.25) is 0 Å². The number of ether oxygens (including phenoxy) is 2. The molecule has 180 valence electrons. The van der Waals surface area contributed by atoms with Crippen molar-refractivity contribution in [1.82, 2.24) is 10.4 Å². The van der Waals surface area contributed by atoms with E-state index in [1.165, 1.54) is 7.11 Å². The van der Waals surface area contributed by atoms with E-state index in [2.05, 4.69) is 5.43 Å². The number of imide groups is 1. The van der Waals surface area contributed by atoms with E-state index in [0.717, 1.165) is 20.7 Å². The second-order valence-electron chi connectivity index (χ2n) is 7.91. The summed E-state index contributed by atoms with van der Waals surface area (Å²) in [7, 11) is 1.48. The Morgan fingerprint density at radius 1 is 1.06 bits per heavy atom. The van der Waals surface area contributed by atoms with Crippen LogP contribution in [0.4, 0.5) is 5.69 Å². The molecule has 0 aromatic heterocycles. The standard InChI is InChI=1S/C26H25N3O6/c1-3-24(31)29(21-15-25(32)28(26(21)33)18-10-7-11-19(14-18)34-2)27-23(30)16-35-22-13-6-9-17-8-4-5-12-20(17)22/h4-14,21H,3,15-16H2,1-2H3,(H,27,30). The van der Waals surface area contributed by atoms with Crippen molar-refractivity contribution in [2.75, 3.05) is 18.6 Å². The molecule has 9 heteroatoms. The molecule has 1 atom stereocenters. The zero-order chi connectivity index (χ0) is 24.9. The van der Waals surface area contributed by atoms with Gasteiger partial charge in [0.15, 0.2) is 6.61 Å². The van der Waals surface area contributed by atoms with Crippen LogP contribution in [-0.2, 0) is 19.2 Å². The van der Waals surface area contributed by atoms with Crippen molar-refractivity contribution < 1.29 is 28.7 Å². The number of methoxy groups -OCH3 is 1. The zero-order valence-corrected chi connectivity index (χ0v) is 19.4. The molecule has 1 unspecified atom stereocenters. The van der Waals surface area contributed by atoms with Crippen LogP contribution in [-0.4, -0.2) is 48.4 Å². The van der Waals surface area contributed by atoms with Crippen LogP contribution in [0.15, 0.2) is 66.7 Å². The fraction of sp³-hybridized carbons (Fsp3) is 0.231. The van der Waals surface area contributed by atoms with E-state index < -0.39 is 29.7 Å². The fourth-order valence-corrected chi connectivity index (χ4v) is 3.95. The number of nitrogens with one attached hydrogen (secondary N) is 1. The number of hydrogen-bond acceptors (Lipinski definition) is 6. The second kappa shape index (κ2) is 10.3. The first-order valence-corrected chi connectivity index (χ1v) is 11.2. The number of hydrazine groups is 1. The number of benzene rings is 3. The molecule has 3 aromatic rings. The van der Waals surface area contributed by atoms with Gasteiger partial charge < -0.3 is 9.47 Å². The van der Waals surface area contributed by atoms with Crippen molar-refractivity contribution in [3.63, 3.8) is 0 Å². The van der Waals surface area contributed by atoms with Gasteiger partial charge >= 0.3 is 0 Å². The van der Waals surface area contributed by atoms with Gasteiger partial charge in [0, 0.05) is 17.9 Å². The van der Waals surface area contributed by atoms with Crippen molar-refractivity contribution in [3.05, 3.63) is 66.7 Å². The summed E-state index contributed by atoms with van der Waals surface area (Å²) in [6.07, 6.45) is -0.228. The highest BCUT2D eigenvalue weighted by Gasteiger charge is 2.45. The molecule has 1 N–H and O–H groups in total. The first-order chi connectivity index (χ1) is 16.9. The van der Waals surface area contributed by atoms with Gasteiger partial charge in [-0.2, -0.15) is 0 Å². The van der Waals surface area contributed by atoms with E-state index in [4.69, 9.17) is 9.47 Å². The third-order valence-electron chi connectivity index (χ3n) is 5.67. The molecule has 1 heterocycles. The number of carbonyl (C=O) groups excluding carboxylic acids is 4. The van der Waals surface area contributed by atoms with Crippen molar-refractivity contribution in [2.24, 2.45) is 0 Å². The monoisotopic (exact) mass is 475 g/mol. The van der Waals surface area contributed by atoms with E-state index in [0.29, 0.717) is 17.2 Å². The van der Waals surface area contributed by atoms with Crippen molar-refractivity contribution >= 4 is 40.1 Å². The normalized spacial score (nSPS) is 15.3. The highest BCUT2D eigenvalue weighted by atomic mass is 16.5. The third-order valence-corrected chi connectivity index (χ3v) is 5.67. The van der Waals surface area contributed by atoms with Gasteiger partial charge in [0.25, 0.3) is 11.8 Å². The predicted molar refractivity (Wildman–Crippen MR) is 129 cm³/mol. The third kappa shape index (κ3) is 4.93. The van der Waals surface area contributed by atoms with Gasteiger partial charge in [0.05, 0.1) is 19.2 Å². The number of nitrogens with zero attached hydrogens (tertiary/aromatic N) is 2. The molecule has 1 saturated heterocycles. The smallest absolute Gasteiger partial charge is 0.276 e. The molecular weight excluding hydrogens is 450 g/mol. The van der Waals surface area contributed by atoms with Gasteiger partial charge in [-0.05, 0) is 23.6 Å². The average molecular weight is 476 g/mol. The Hall–Kier alpha value is -4.40. The lowest BCUT2D eigenvalue weighted by Gasteiger charge is -2.27. The summed E-state index contributed by atoms with van der Waals surface area (Å²) in [5, 5.41) is 2.74. The van der Waals surface area contributed by atoms with Crippen LogP contribution in [0.1, 0.15) is 19.8 Å². The van der Waals surface area contributed by atoms with Crippen molar-refractivity contribution in [1.29, 1.82) is 0 Å². The van der Waals surface area contributed by atoms with Gasteiger partial charge in [-0.3, -0.25) is 24.6 Å². The summed E-state index contributed by atoms with van der Waals surface area (Å²) in [5.41, 5.74) is 2.80. The summed E-state index contributed by atoms with van der Waals surface area (Å²) in [5.74, 6) is -1.22. The predicted octanol–water partition coefficient (Wildman–Crippen LogP) is 2.83. The minimum Gasteiger partial charge on any atom is -0.497 e. The zero-order valence-electron chi connectivity index (χ0n) is 19.4. The number of amides is 4. The topological polar surface area (TPSA) is 105 Å². The highest BCUT2D eigenvalue weighted by Crippen LogP contribution is 2.28. The molecule has 1 aliphatic heterocycles. The number of hydrogen-bond donors (Lipinski definition) is 1. The van der Waals surface area contributed by atoms with Crippen LogP contribution in [0.3, 0.4) is 0 Å². The van der Waals surface area contributed by atoms with Crippen LogP contribution in [0.5, 0.6) is 11.5 Å². The highest BCUT2D eigenvalue weighted by molar-refractivity contribution is 6.23. The van der Waals surface area contributed by atoms with Gasteiger partial charge in [0.1, 0.15) is 17.5 Å². The Morgan fingerprint density at radius 2 is 1.80 bits per heavy atom. The fourth-order valence-electron chi connectivity index (χ4n) is 3.95. The first-order valence-electron chi connectivity index (χ1n) is 11.2. The minimum absolute atomic E-state index is 0.0294. The first kappa shape index (κ1) is 23.7. The largest absolute Gasteiger partial charge is 0.497 e. The maximum Gasteiger partial charge on any atom is 0.276 e. The van der Waals surface area contributed by atoms with Gasteiger partial charge in [-0.1, -0.05) is 49.4 Å². The Kier molecular flexibility index (Phi) is 6.96. The molecule has 0 saturated carbocycles. The molecule has 1 fully saturated rings. The Bertz CT molecular complexity index is 1290. The molecule has 0 aliphatic carbocycles. The number of anilines is 1. The van der Waals surface area contributed by atoms with E-state index in [1.807, 2.05) is 36.4 Å². The number of rotatable bonds is 7. The van der Waals surface area contributed by atoms with E-state index in [1.54, 1.807) is 37.3 Å². The Morgan fingerprint density at radius 3 is 2.57 bits per heavy atom. The maximum atomic E-state index is 13.2. The Balaban J connectivity index is 1.49. The molecule has 9 nitrogen and oxygen atoms in total. The van der Waals surface area contributed by atoms with Crippen LogP contribution in [0.25, 0.3) is 10.8 Å². The minimum atomic E-state index is -1.16. The molecule has 1 aliphatic rings. The maximum absolute atomic E-state index is 13.2. The summed E-state index contributed by atoms with van der Waals surface area (Å²) in [6, 6.07) is 18.4. The molecule has 4 amide bonds. The van der Waals surface area contributed by atoms with Crippen LogP contribution in [0, 0.1) is 0 Å². The van der Waals surface area contributed by atoms with E-state index in [9.17, 15) is 19.2 Å². The summed E-state index contributed by atoms with van der Waals surface area (Å²) in [4.78, 5) is 52.2. The SMILES string of the molecule is CCC(=O)N(NC(=O)COc1cccc2ccccc12)C1CC(=O)N(c2cccc(OC)c2)C1=O. The summed E-state index contributed by atoms with van der Waals surface area (Å²) < 4.78 is 10.9. The summed E-state index contributed by atoms with van der Waals surface area (Å²) in [6.45, 7) is 1.23. The van der Waals surface area contributed by atoms with Gasteiger partial charge in [-0.25, -0.2) is 9.91 Å². The quantitative estimate of drug-likeness (QED) is 0.416. The lowest BCUT2D eigenvalue weighted by atomic mass is 10.1. The van der Waals surface area contributed by atoms with Crippen LogP contribution >= 0.6 is 0 Å². The van der Waals surface area contributed by atoms with Gasteiger partial charge in [-0.15, -0.1) is 0 Å². The molecular formula is C26H25N3O6. The Labute approximate surface area is 202 Å². The van der Waals surface area contributed by atoms with E-state index >= 15 is 0 Å². The van der Waals surface area contributed by atoms with Gasteiger partial charge in [0.2, 0.25) is 11.8 Å². The van der Waals surface area contributed by atoms with E-state index in [-0.39, 0.29) is 19.4 Å². The molecule has 0 radical (unpaired) electrons. The summed E-state index contributed by atoms with van der Waals surface area (Å²) >= 11 is 0. The van der Waals surface area contributed by atoms with Crippen LogP contribution < -0.4 is 19.8 Å². The second-order valence-corrected chi connectivity index (χ2v) is 7.91. The molecule has 0 bridgehead atoms. The molecule has 0 spiro atoms. The lowest BCUT2D eigenvalue weighted by Crippen LogP contribution is -2.55. The average Bonchev–Trinajstić information content (AvgIpc) is 3.18. The lowest BCUT2D eigenvalue weighted by molar-refractivity contribution is -0.148. The number of fused-ring (bicyclic) bond motifs is 1. The van der Waals surface area contributed by atoms with Crippen molar-refractivity contribution in [3.8, 4) is 11.5 Å². The number of carbonyl (C=O) groups is 4. The molecule has 35 heavy (non-hydrogen) atoms. The molecule has 4 rings (SSSR count). The molecule has 3 aromatic carbocycles.